The Bertz CT molecular complexity index is 844. The molecule has 2 aromatic carbocycles. The molecular formula is C22H27BrN2O3. The van der Waals surface area contributed by atoms with E-state index in [1.54, 1.807) is 36.4 Å². The predicted molar refractivity (Wildman–Crippen MR) is 116 cm³/mol. The lowest BCUT2D eigenvalue weighted by atomic mass is 10.1. The van der Waals surface area contributed by atoms with E-state index in [9.17, 15) is 9.59 Å². The van der Waals surface area contributed by atoms with Crippen molar-refractivity contribution >= 4 is 33.4 Å². The Morgan fingerprint density at radius 2 is 1.75 bits per heavy atom. The summed E-state index contributed by atoms with van der Waals surface area (Å²) in [6.07, 6.45) is 1.92. The van der Waals surface area contributed by atoms with Gasteiger partial charge in [-0.05, 0) is 57.5 Å². The number of hydrogen-bond acceptors (Lipinski definition) is 3. The van der Waals surface area contributed by atoms with Gasteiger partial charge in [0.2, 0.25) is 0 Å². The maximum atomic E-state index is 12.9. The fourth-order valence-corrected chi connectivity index (χ4v) is 2.88. The van der Waals surface area contributed by atoms with E-state index in [4.69, 9.17) is 4.74 Å². The van der Waals surface area contributed by atoms with Crippen LogP contribution >= 0.6 is 15.9 Å². The molecule has 2 aromatic rings. The molecule has 0 aliphatic heterocycles. The third kappa shape index (κ3) is 6.37. The van der Waals surface area contributed by atoms with Crippen molar-refractivity contribution in [2.24, 2.45) is 0 Å². The number of para-hydroxylation sites is 1. The molecule has 0 aliphatic rings. The Hall–Kier alpha value is -2.34. The minimum atomic E-state index is -0.376. The molecule has 28 heavy (non-hydrogen) atoms. The number of benzene rings is 2. The number of ether oxygens (including phenoxy) is 1. The highest BCUT2D eigenvalue weighted by atomic mass is 79.9. The van der Waals surface area contributed by atoms with Crippen molar-refractivity contribution in [1.82, 2.24) is 5.32 Å². The zero-order valence-corrected chi connectivity index (χ0v) is 18.4. The first kappa shape index (κ1) is 22.0. The van der Waals surface area contributed by atoms with E-state index in [0.29, 0.717) is 29.2 Å². The summed E-state index contributed by atoms with van der Waals surface area (Å²) in [5, 5.41) is 5.77. The molecule has 0 saturated carbocycles. The Morgan fingerprint density at radius 3 is 2.43 bits per heavy atom. The molecule has 2 amide bonds. The lowest BCUT2D eigenvalue weighted by molar-refractivity contribution is 0.0920. The quantitative estimate of drug-likeness (QED) is 0.558. The zero-order chi connectivity index (χ0) is 20.7. The Morgan fingerprint density at radius 1 is 1.04 bits per heavy atom. The summed E-state index contributed by atoms with van der Waals surface area (Å²) in [5.41, 5.74) is 0.901. The summed E-state index contributed by atoms with van der Waals surface area (Å²) in [5.74, 6) is -0.0494. The van der Waals surface area contributed by atoms with Crippen LogP contribution in [0.1, 0.15) is 61.3 Å². The molecule has 0 saturated heterocycles. The average molecular weight is 447 g/mol. The number of carbonyl (C=O) groups excluding carboxylic acids is 2. The largest absolute Gasteiger partial charge is 0.493 e. The van der Waals surface area contributed by atoms with Crippen LogP contribution in [0.15, 0.2) is 46.9 Å². The molecule has 0 heterocycles. The highest BCUT2D eigenvalue weighted by Gasteiger charge is 2.20. The van der Waals surface area contributed by atoms with E-state index in [1.807, 2.05) is 26.8 Å². The summed E-state index contributed by atoms with van der Waals surface area (Å²) in [4.78, 5) is 25.5. The maximum absolute atomic E-state index is 12.9. The number of rotatable bonds is 7. The molecule has 5 nitrogen and oxygen atoms in total. The lowest BCUT2D eigenvalue weighted by Crippen LogP contribution is -2.40. The smallest absolute Gasteiger partial charge is 0.259 e. The van der Waals surface area contributed by atoms with Crippen LogP contribution in [0.3, 0.4) is 0 Å². The summed E-state index contributed by atoms with van der Waals surface area (Å²) >= 11 is 3.40. The van der Waals surface area contributed by atoms with E-state index in [1.165, 1.54) is 0 Å². The second-order valence-corrected chi connectivity index (χ2v) is 8.46. The van der Waals surface area contributed by atoms with Gasteiger partial charge in [0.25, 0.3) is 11.8 Å². The van der Waals surface area contributed by atoms with Crippen LogP contribution in [-0.4, -0.2) is 24.0 Å². The van der Waals surface area contributed by atoms with Crippen molar-refractivity contribution in [2.75, 3.05) is 11.9 Å². The molecule has 0 bridgehead atoms. The monoisotopic (exact) mass is 446 g/mol. The van der Waals surface area contributed by atoms with Crippen LogP contribution in [0.4, 0.5) is 5.69 Å². The molecule has 6 heteroatoms. The van der Waals surface area contributed by atoms with E-state index < -0.39 is 0 Å². The standard InChI is InChI=1S/C22H27BrN2O3/c1-5-6-13-28-19-12-11-15(23)14-17(19)20(26)24-18-10-8-7-9-16(18)21(27)25-22(2,3)4/h7-12,14H,5-6,13H2,1-4H3,(H,24,26)(H,25,27). The normalized spacial score (nSPS) is 11.0. The number of hydrogen-bond donors (Lipinski definition) is 2. The Balaban J connectivity index is 2.26. The van der Waals surface area contributed by atoms with Crippen molar-refractivity contribution in [3.63, 3.8) is 0 Å². The van der Waals surface area contributed by atoms with Crippen LogP contribution < -0.4 is 15.4 Å². The second kappa shape index (κ2) is 9.73. The van der Waals surface area contributed by atoms with Gasteiger partial charge in [-0.25, -0.2) is 0 Å². The molecule has 0 radical (unpaired) electrons. The lowest BCUT2D eigenvalue weighted by Gasteiger charge is -2.21. The Kier molecular flexibility index (Phi) is 7.63. The van der Waals surface area contributed by atoms with Gasteiger partial charge in [0, 0.05) is 10.0 Å². The summed E-state index contributed by atoms with van der Waals surface area (Å²) in [6.45, 7) is 8.36. The fourth-order valence-electron chi connectivity index (χ4n) is 2.52. The van der Waals surface area contributed by atoms with E-state index in [-0.39, 0.29) is 17.4 Å². The zero-order valence-electron chi connectivity index (χ0n) is 16.8. The Labute approximate surface area is 175 Å². The molecule has 0 aromatic heterocycles. The van der Waals surface area contributed by atoms with Gasteiger partial charge in [-0.15, -0.1) is 0 Å². The van der Waals surface area contributed by atoms with Gasteiger partial charge in [-0.1, -0.05) is 41.4 Å². The van der Waals surface area contributed by atoms with E-state index in [2.05, 4.69) is 33.5 Å². The van der Waals surface area contributed by atoms with Gasteiger partial charge in [0.1, 0.15) is 5.75 Å². The number of anilines is 1. The van der Waals surface area contributed by atoms with Crippen molar-refractivity contribution in [3.05, 3.63) is 58.1 Å². The predicted octanol–water partition coefficient (Wildman–Crippen LogP) is 5.41. The van der Waals surface area contributed by atoms with Gasteiger partial charge >= 0.3 is 0 Å². The van der Waals surface area contributed by atoms with Crippen LogP contribution in [0.2, 0.25) is 0 Å². The first-order valence-corrected chi connectivity index (χ1v) is 10.2. The average Bonchev–Trinajstić information content (AvgIpc) is 2.62. The third-order valence-corrected chi connectivity index (χ3v) is 4.34. The number of carbonyl (C=O) groups is 2. The second-order valence-electron chi connectivity index (χ2n) is 7.55. The van der Waals surface area contributed by atoms with Gasteiger partial charge < -0.3 is 15.4 Å². The molecule has 0 fully saturated rings. The molecular weight excluding hydrogens is 420 g/mol. The molecule has 0 aliphatic carbocycles. The van der Waals surface area contributed by atoms with Gasteiger partial charge in [0.15, 0.2) is 0 Å². The van der Waals surface area contributed by atoms with Crippen molar-refractivity contribution in [2.45, 2.75) is 46.1 Å². The van der Waals surface area contributed by atoms with Crippen molar-refractivity contribution in [3.8, 4) is 5.75 Å². The van der Waals surface area contributed by atoms with Crippen LogP contribution in [0.25, 0.3) is 0 Å². The van der Waals surface area contributed by atoms with Crippen LogP contribution in [0.5, 0.6) is 5.75 Å². The third-order valence-electron chi connectivity index (χ3n) is 3.85. The highest BCUT2D eigenvalue weighted by molar-refractivity contribution is 9.10. The molecule has 150 valence electrons. The number of amides is 2. The maximum Gasteiger partial charge on any atom is 0.259 e. The number of unbranched alkanes of at least 4 members (excludes halogenated alkanes) is 1. The van der Waals surface area contributed by atoms with Crippen LogP contribution in [-0.2, 0) is 0 Å². The molecule has 2 rings (SSSR count). The van der Waals surface area contributed by atoms with Crippen molar-refractivity contribution in [1.29, 1.82) is 0 Å². The minimum absolute atomic E-state index is 0.239. The summed E-state index contributed by atoms with van der Waals surface area (Å²) < 4.78 is 6.55. The molecule has 0 atom stereocenters. The first-order chi connectivity index (χ1) is 13.2. The summed E-state index contributed by atoms with van der Waals surface area (Å²) in [7, 11) is 0. The summed E-state index contributed by atoms with van der Waals surface area (Å²) in [6, 6.07) is 12.3. The van der Waals surface area contributed by atoms with Crippen LogP contribution in [0, 0.1) is 0 Å². The van der Waals surface area contributed by atoms with E-state index in [0.717, 1.165) is 17.3 Å². The van der Waals surface area contributed by atoms with Crippen molar-refractivity contribution < 1.29 is 14.3 Å². The number of halogens is 1. The van der Waals surface area contributed by atoms with E-state index >= 15 is 0 Å². The number of nitrogens with one attached hydrogen (secondary N) is 2. The van der Waals surface area contributed by atoms with Gasteiger partial charge in [0.05, 0.1) is 23.4 Å². The SMILES string of the molecule is CCCCOc1ccc(Br)cc1C(=O)Nc1ccccc1C(=O)NC(C)(C)C. The highest BCUT2D eigenvalue weighted by Crippen LogP contribution is 2.26. The fraction of sp³-hybridized carbons (Fsp3) is 0.364. The first-order valence-electron chi connectivity index (χ1n) is 9.36. The van der Waals surface area contributed by atoms with Gasteiger partial charge in [-0.3, -0.25) is 9.59 Å². The minimum Gasteiger partial charge on any atom is -0.493 e. The van der Waals surface area contributed by atoms with Gasteiger partial charge in [-0.2, -0.15) is 0 Å². The molecule has 2 N–H and O–H groups in total. The molecule has 0 spiro atoms. The molecule has 0 unspecified atom stereocenters. The topological polar surface area (TPSA) is 67.4 Å².